The van der Waals surface area contributed by atoms with Crippen molar-refractivity contribution in [2.75, 3.05) is 5.32 Å². The molecule has 0 bridgehead atoms. The third kappa shape index (κ3) is 3.58. The normalized spacial score (nSPS) is 9.14. The minimum atomic E-state index is -0.0946. The van der Waals surface area contributed by atoms with E-state index >= 15 is 0 Å². The monoisotopic (exact) mass is 252 g/mol. The Morgan fingerprint density at radius 1 is 1.64 bits per heavy atom. The molecule has 14 heavy (non-hydrogen) atoms. The predicted octanol–water partition coefficient (Wildman–Crippen LogP) is 2.20. The Kier molecular flexibility index (Phi) is 4.14. The molecule has 72 valence electrons. The molecule has 0 aliphatic carbocycles. The smallest absolute Gasteiger partial charge is 0.225 e. The molecule has 0 saturated heterocycles. The molecule has 0 atom stereocenters. The molecule has 1 amide bonds. The molecule has 1 aromatic rings. The van der Waals surface area contributed by atoms with E-state index in [9.17, 15) is 4.79 Å². The largest absolute Gasteiger partial charge is 0.325 e. The van der Waals surface area contributed by atoms with Crippen LogP contribution in [0.1, 0.15) is 12.8 Å². The lowest BCUT2D eigenvalue weighted by atomic mass is 10.3. The Balaban J connectivity index is 2.53. The van der Waals surface area contributed by atoms with E-state index in [0.717, 1.165) is 4.47 Å². The molecule has 4 heteroatoms. The van der Waals surface area contributed by atoms with Gasteiger partial charge in [-0.05, 0) is 22.0 Å². The van der Waals surface area contributed by atoms with Gasteiger partial charge in [0.15, 0.2) is 0 Å². The number of terminal acetylenes is 1. The van der Waals surface area contributed by atoms with Crippen LogP contribution in [0.25, 0.3) is 0 Å². The number of anilines is 1. The number of carbonyl (C=O) groups is 1. The molecule has 1 aromatic heterocycles. The Morgan fingerprint density at radius 3 is 3.07 bits per heavy atom. The lowest BCUT2D eigenvalue weighted by Gasteiger charge is -2.02. The molecular formula is C10H9BrN2O. The fourth-order valence-corrected chi connectivity index (χ4v) is 1.25. The quantitative estimate of drug-likeness (QED) is 0.839. The van der Waals surface area contributed by atoms with Gasteiger partial charge in [-0.3, -0.25) is 9.78 Å². The number of carbonyl (C=O) groups excluding carboxylic acids is 1. The summed E-state index contributed by atoms with van der Waals surface area (Å²) in [5, 5.41) is 2.69. The standard InChI is InChI=1S/C10H9BrN2O/c1-2-3-4-10(14)13-9-5-8(11)6-12-7-9/h1,5-7H,3-4H2,(H,13,14). The maximum atomic E-state index is 11.2. The summed E-state index contributed by atoms with van der Waals surface area (Å²) in [6.45, 7) is 0. The van der Waals surface area contributed by atoms with Crippen LogP contribution in [0.3, 0.4) is 0 Å². The first-order valence-corrected chi connectivity index (χ1v) is 4.85. The zero-order chi connectivity index (χ0) is 10.4. The molecule has 0 aliphatic heterocycles. The van der Waals surface area contributed by atoms with Gasteiger partial charge in [0.1, 0.15) is 0 Å². The average molecular weight is 253 g/mol. The highest BCUT2D eigenvalue weighted by molar-refractivity contribution is 9.10. The Bertz CT molecular complexity index is 371. The van der Waals surface area contributed by atoms with Crippen molar-refractivity contribution in [2.24, 2.45) is 0 Å². The first-order chi connectivity index (χ1) is 6.72. The van der Waals surface area contributed by atoms with E-state index in [4.69, 9.17) is 6.42 Å². The topological polar surface area (TPSA) is 42.0 Å². The number of rotatable bonds is 3. The fraction of sp³-hybridized carbons (Fsp3) is 0.200. The zero-order valence-corrected chi connectivity index (χ0v) is 9.04. The van der Waals surface area contributed by atoms with Crippen molar-refractivity contribution in [2.45, 2.75) is 12.8 Å². The second-order valence-corrected chi connectivity index (χ2v) is 3.56. The average Bonchev–Trinajstić information content (AvgIpc) is 2.15. The lowest BCUT2D eigenvalue weighted by molar-refractivity contribution is -0.116. The van der Waals surface area contributed by atoms with Crippen LogP contribution in [0.15, 0.2) is 22.9 Å². The molecule has 0 aliphatic rings. The number of nitrogens with zero attached hydrogens (tertiary/aromatic N) is 1. The Morgan fingerprint density at radius 2 is 2.43 bits per heavy atom. The Labute approximate surface area is 91.1 Å². The van der Waals surface area contributed by atoms with Crippen LogP contribution in [0.2, 0.25) is 0 Å². The predicted molar refractivity (Wildman–Crippen MR) is 58.6 cm³/mol. The van der Waals surface area contributed by atoms with Crippen molar-refractivity contribution in [1.82, 2.24) is 4.98 Å². The summed E-state index contributed by atoms with van der Waals surface area (Å²) >= 11 is 3.26. The van der Waals surface area contributed by atoms with Crippen molar-refractivity contribution in [3.05, 3.63) is 22.9 Å². The summed E-state index contributed by atoms with van der Waals surface area (Å²) in [7, 11) is 0. The van der Waals surface area contributed by atoms with Crippen molar-refractivity contribution < 1.29 is 4.79 Å². The van der Waals surface area contributed by atoms with Gasteiger partial charge in [-0.2, -0.15) is 0 Å². The number of halogens is 1. The molecule has 1 rings (SSSR count). The van der Waals surface area contributed by atoms with Gasteiger partial charge in [0.2, 0.25) is 5.91 Å². The molecule has 3 nitrogen and oxygen atoms in total. The van der Waals surface area contributed by atoms with Gasteiger partial charge in [-0.15, -0.1) is 12.3 Å². The van der Waals surface area contributed by atoms with Gasteiger partial charge in [0.25, 0.3) is 0 Å². The minimum Gasteiger partial charge on any atom is -0.325 e. The van der Waals surface area contributed by atoms with Gasteiger partial charge in [-0.25, -0.2) is 0 Å². The summed E-state index contributed by atoms with van der Waals surface area (Å²) < 4.78 is 0.826. The van der Waals surface area contributed by atoms with Crippen LogP contribution < -0.4 is 5.32 Å². The van der Waals surface area contributed by atoms with Crippen LogP contribution in [-0.2, 0) is 4.79 Å². The Hall–Kier alpha value is -1.34. The number of hydrogen-bond donors (Lipinski definition) is 1. The minimum absolute atomic E-state index is 0.0946. The lowest BCUT2D eigenvalue weighted by Crippen LogP contribution is -2.10. The number of hydrogen-bond acceptors (Lipinski definition) is 2. The van der Waals surface area contributed by atoms with Crippen LogP contribution in [-0.4, -0.2) is 10.9 Å². The maximum Gasteiger partial charge on any atom is 0.225 e. The molecule has 0 aromatic carbocycles. The van der Waals surface area contributed by atoms with E-state index in [-0.39, 0.29) is 5.91 Å². The summed E-state index contributed by atoms with van der Waals surface area (Å²) in [5.41, 5.74) is 0.668. The second-order valence-electron chi connectivity index (χ2n) is 2.64. The van der Waals surface area contributed by atoms with Crippen LogP contribution in [0, 0.1) is 12.3 Å². The van der Waals surface area contributed by atoms with Crippen LogP contribution >= 0.6 is 15.9 Å². The van der Waals surface area contributed by atoms with E-state index in [1.165, 1.54) is 0 Å². The third-order valence-electron chi connectivity index (χ3n) is 1.49. The zero-order valence-electron chi connectivity index (χ0n) is 7.46. The summed E-state index contributed by atoms with van der Waals surface area (Å²) in [6, 6.07) is 1.78. The summed E-state index contributed by atoms with van der Waals surface area (Å²) in [5.74, 6) is 2.32. The van der Waals surface area contributed by atoms with Gasteiger partial charge in [0.05, 0.1) is 11.9 Å². The molecule has 0 fully saturated rings. The van der Waals surface area contributed by atoms with Crippen LogP contribution in [0.4, 0.5) is 5.69 Å². The molecule has 0 unspecified atom stereocenters. The second kappa shape index (κ2) is 5.40. The van der Waals surface area contributed by atoms with E-state index in [0.29, 0.717) is 18.5 Å². The number of amides is 1. The molecule has 1 N–H and O–H groups in total. The van der Waals surface area contributed by atoms with E-state index < -0.39 is 0 Å². The first kappa shape index (κ1) is 10.7. The SMILES string of the molecule is C#CCCC(=O)Nc1cncc(Br)c1. The van der Waals surface area contributed by atoms with E-state index in [1.807, 2.05) is 0 Å². The van der Waals surface area contributed by atoms with Gasteiger partial charge < -0.3 is 5.32 Å². The van der Waals surface area contributed by atoms with Gasteiger partial charge >= 0.3 is 0 Å². The fourth-order valence-electron chi connectivity index (χ4n) is 0.889. The van der Waals surface area contributed by atoms with Crippen molar-refractivity contribution >= 4 is 27.5 Å². The summed E-state index contributed by atoms with van der Waals surface area (Å²) in [6.07, 6.45) is 9.06. The maximum absolute atomic E-state index is 11.2. The molecule has 1 heterocycles. The molecular weight excluding hydrogens is 244 g/mol. The van der Waals surface area contributed by atoms with E-state index in [2.05, 4.69) is 32.2 Å². The molecule has 0 radical (unpaired) electrons. The van der Waals surface area contributed by atoms with Crippen molar-refractivity contribution in [3.63, 3.8) is 0 Å². The van der Waals surface area contributed by atoms with E-state index in [1.54, 1.807) is 18.5 Å². The summed E-state index contributed by atoms with van der Waals surface area (Å²) in [4.78, 5) is 15.1. The molecule has 0 saturated carbocycles. The highest BCUT2D eigenvalue weighted by atomic mass is 79.9. The number of aromatic nitrogens is 1. The van der Waals surface area contributed by atoms with Crippen molar-refractivity contribution in [3.8, 4) is 12.3 Å². The highest BCUT2D eigenvalue weighted by Crippen LogP contribution is 2.13. The third-order valence-corrected chi connectivity index (χ3v) is 1.92. The van der Waals surface area contributed by atoms with Crippen LogP contribution in [0.5, 0.6) is 0 Å². The highest BCUT2D eigenvalue weighted by Gasteiger charge is 2.01. The molecule has 0 spiro atoms. The van der Waals surface area contributed by atoms with Gasteiger partial charge in [0, 0.05) is 23.5 Å². The van der Waals surface area contributed by atoms with Gasteiger partial charge in [-0.1, -0.05) is 0 Å². The first-order valence-electron chi connectivity index (χ1n) is 4.06. The van der Waals surface area contributed by atoms with Crippen molar-refractivity contribution in [1.29, 1.82) is 0 Å². The number of nitrogens with one attached hydrogen (secondary N) is 1. The number of pyridine rings is 1.